The Bertz CT molecular complexity index is 525. The van der Waals surface area contributed by atoms with Crippen LogP contribution in [0.4, 0.5) is 0 Å². The van der Waals surface area contributed by atoms with Gasteiger partial charge in [0, 0.05) is 10.7 Å². The van der Waals surface area contributed by atoms with Crippen LogP contribution in [0, 0.1) is 3.57 Å². The van der Waals surface area contributed by atoms with Crippen LogP contribution in [-0.4, -0.2) is 13.7 Å². The Labute approximate surface area is 128 Å². The fourth-order valence-corrected chi connectivity index (χ4v) is 2.74. The van der Waals surface area contributed by atoms with Gasteiger partial charge < -0.3 is 10.5 Å². The van der Waals surface area contributed by atoms with Crippen molar-refractivity contribution in [2.24, 2.45) is 5.73 Å². The fourth-order valence-electron chi connectivity index (χ4n) is 2.02. The normalized spacial score (nSPS) is 12.4. The molecule has 0 aromatic heterocycles. The van der Waals surface area contributed by atoms with Crippen LogP contribution in [-0.2, 0) is 11.2 Å². The Kier molecular flexibility index (Phi) is 5.36. The van der Waals surface area contributed by atoms with Gasteiger partial charge in [-0.05, 0) is 51.8 Å². The van der Waals surface area contributed by atoms with Gasteiger partial charge in [-0.15, -0.1) is 0 Å². The quantitative estimate of drug-likeness (QED) is 0.821. The van der Waals surface area contributed by atoms with Crippen molar-refractivity contribution in [2.75, 3.05) is 13.7 Å². The second-order valence-corrected chi connectivity index (χ2v) is 5.65. The van der Waals surface area contributed by atoms with E-state index in [0.29, 0.717) is 0 Å². The summed E-state index contributed by atoms with van der Waals surface area (Å²) in [6.45, 7) is 0.752. The lowest BCUT2D eigenvalue weighted by molar-refractivity contribution is 0.202. The van der Waals surface area contributed by atoms with E-state index in [2.05, 4.69) is 59.0 Å². The minimum absolute atomic E-state index is 0.0652. The molecular formula is C16H18INO. The third kappa shape index (κ3) is 3.78. The number of halogens is 1. The van der Waals surface area contributed by atoms with Crippen LogP contribution in [0.25, 0.3) is 0 Å². The predicted molar refractivity (Wildman–Crippen MR) is 87.2 cm³/mol. The van der Waals surface area contributed by atoms with Crippen molar-refractivity contribution in [1.82, 2.24) is 0 Å². The van der Waals surface area contributed by atoms with E-state index in [9.17, 15) is 0 Å². The summed E-state index contributed by atoms with van der Waals surface area (Å²) < 4.78 is 6.29. The average Bonchev–Trinajstić information content (AvgIpc) is 2.45. The molecule has 1 unspecified atom stereocenters. The van der Waals surface area contributed by atoms with Crippen molar-refractivity contribution < 1.29 is 4.74 Å². The summed E-state index contributed by atoms with van der Waals surface area (Å²) in [5, 5.41) is 0. The second kappa shape index (κ2) is 7.03. The van der Waals surface area contributed by atoms with Crippen molar-refractivity contribution in [3.8, 4) is 0 Å². The van der Waals surface area contributed by atoms with Crippen LogP contribution in [0.3, 0.4) is 0 Å². The van der Waals surface area contributed by atoms with Gasteiger partial charge in [-0.3, -0.25) is 0 Å². The van der Waals surface area contributed by atoms with Gasteiger partial charge in [-0.1, -0.05) is 42.5 Å². The molecule has 1 atom stereocenters. The molecule has 2 aromatic carbocycles. The number of nitrogens with two attached hydrogens (primary N) is 1. The smallest absolute Gasteiger partial charge is 0.0562 e. The molecule has 0 aliphatic rings. The first kappa shape index (κ1) is 14.5. The maximum Gasteiger partial charge on any atom is 0.0562 e. The van der Waals surface area contributed by atoms with Crippen LogP contribution >= 0.6 is 22.6 Å². The molecule has 0 amide bonds. The van der Waals surface area contributed by atoms with Crippen LogP contribution in [0.15, 0.2) is 48.5 Å². The lowest BCUT2D eigenvalue weighted by Gasteiger charge is -2.15. The van der Waals surface area contributed by atoms with Gasteiger partial charge >= 0.3 is 0 Å². The molecule has 2 aromatic rings. The molecule has 0 saturated carbocycles. The molecule has 2 rings (SSSR count). The van der Waals surface area contributed by atoms with E-state index in [-0.39, 0.29) is 6.04 Å². The monoisotopic (exact) mass is 367 g/mol. The van der Waals surface area contributed by atoms with Crippen molar-refractivity contribution in [3.63, 3.8) is 0 Å². The molecule has 3 heteroatoms. The molecule has 0 bridgehead atoms. The summed E-state index contributed by atoms with van der Waals surface area (Å²) in [6.07, 6.45) is 0.939. The van der Waals surface area contributed by atoms with E-state index in [4.69, 9.17) is 10.5 Å². The molecule has 19 heavy (non-hydrogen) atoms. The fraction of sp³-hybridized carbons (Fsp3) is 0.250. The van der Waals surface area contributed by atoms with E-state index in [0.717, 1.165) is 18.6 Å². The summed E-state index contributed by atoms with van der Waals surface area (Å²) >= 11 is 2.33. The standard InChI is InChI=1S/C16H18INO/c1-19-11-10-12-6-8-13(9-7-12)16(18)14-4-2-3-5-15(14)17/h2-9,16H,10-11,18H2,1H3. The highest BCUT2D eigenvalue weighted by Crippen LogP contribution is 2.24. The molecule has 0 fully saturated rings. The van der Waals surface area contributed by atoms with Gasteiger partial charge in [0.25, 0.3) is 0 Å². The average molecular weight is 367 g/mol. The number of methoxy groups -OCH3 is 1. The molecule has 0 aliphatic carbocycles. The highest BCUT2D eigenvalue weighted by molar-refractivity contribution is 14.1. The molecule has 0 saturated heterocycles. The van der Waals surface area contributed by atoms with Gasteiger partial charge in [-0.25, -0.2) is 0 Å². The van der Waals surface area contributed by atoms with Crippen LogP contribution in [0.1, 0.15) is 22.7 Å². The molecule has 0 spiro atoms. The van der Waals surface area contributed by atoms with Crippen LogP contribution < -0.4 is 5.73 Å². The van der Waals surface area contributed by atoms with Gasteiger partial charge in [0.15, 0.2) is 0 Å². The van der Waals surface area contributed by atoms with Crippen molar-refractivity contribution in [3.05, 3.63) is 68.8 Å². The van der Waals surface area contributed by atoms with E-state index in [1.54, 1.807) is 7.11 Å². The van der Waals surface area contributed by atoms with Crippen LogP contribution in [0.2, 0.25) is 0 Å². The summed E-state index contributed by atoms with van der Waals surface area (Å²) in [5.41, 5.74) is 9.93. The third-order valence-corrected chi connectivity index (χ3v) is 4.16. The molecule has 2 N–H and O–H groups in total. The van der Waals surface area contributed by atoms with Gasteiger partial charge in [-0.2, -0.15) is 0 Å². The summed E-state index contributed by atoms with van der Waals surface area (Å²) in [6, 6.07) is 16.7. The first-order valence-electron chi connectivity index (χ1n) is 6.30. The third-order valence-electron chi connectivity index (χ3n) is 3.17. The Balaban J connectivity index is 2.16. The minimum atomic E-state index is -0.0652. The maximum absolute atomic E-state index is 6.34. The number of hydrogen-bond donors (Lipinski definition) is 1. The molecule has 2 nitrogen and oxygen atoms in total. The van der Waals surface area contributed by atoms with Crippen molar-refractivity contribution >= 4 is 22.6 Å². The summed E-state index contributed by atoms with van der Waals surface area (Å²) in [5.74, 6) is 0. The Hall–Kier alpha value is -0.910. The SMILES string of the molecule is COCCc1ccc(C(N)c2ccccc2I)cc1. The number of rotatable bonds is 5. The molecule has 100 valence electrons. The van der Waals surface area contributed by atoms with E-state index >= 15 is 0 Å². The molecule has 0 heterocycles. The van der Waals surface area contributed by atoms with E-state index in [1.807, 2.05) is 12.1 Å². The zero-order chi connectivity index (χ0) is 13.7. The second-order valence-electron chi connectivity index (χ2n) is 4.48. The summed E-state index contributed by atoms with van der Waals surface area (Å²) in [7, 11) is 1.72. The maximum atomic E-state index is 6.34. The van der Waals surface area contributed by atoms with Crippen molar-refractivity contribution in [2.45, 2.75) is 12.5 Å². The molecule has 0 radical (unpaired) electrons. The van der Waals surface area contributed by atoms with Crippen LogP contribution in [0.5, 0.6) is 0 Å². The van der Waals surface area contributed by atoms with Gasteiger partial charge in [0.1, 0.15) is 0 Å². The Morgan fingerprint density at radius 2 is 1.79 bits per heavy atom. The zero-order valence-electron chi connectivity index (χ0n) is 11.0. The zero-order valence-corrected chi connectivity index (χ0v) is 13.1. The highest BCUT2D eigenvalue weighted by Gasteiger charge is 2.11. The summed E-state index contributed by atoms with van der Waals surface area (Å²) in [4.78, 5) is 0. The van der Waals surface area contributed by atoms with E-state index < -0.39 is 0 Å². The number of hydrogen-bond acceptors (Lipinski definition) is 2. The Morgan fingerprint density at radius 1 is 1.11 bits per heavy atom. The first-order valence-corrected chi connectivity index (χ1v) is 7.38. The number of ether oxygens (including phenoxy) is 1. The number of benzene rings is 2. The Morgan fingerprint density at radius 3 is 2.42 bits per heavy atom. The van der Waals surface area contributed by atoms with E-state index in [1.165, 1.54) is 14.7 Å². The largest absolute Gasteiger partial charge is 0.384 e. The van der Waals surface area contributed by atoms with Gasteiger partial charge in [0.2, 0.25) is 0 Å². The topological polar surface area (TPSA) is 35.2 Å². The molecular weight excluding hydrogens is 349 g/mol. The first-order chi connectivity index (χ1) is 9.22. The minimum Gasteiger partial charge on any atom is -0.384 e. The highest BCUT2D eigenvalue weighted by atomic mass is 127. The molecule has 0 aliphatic heterocycles. The predicted octanol–water partition coefficient (Wildman–Crippen LogP) is 3.53. The lowest BCUT2D eigenvalue weighted by atomic mass is 9.98. The van der Waals surface area contributed by atoms with Crippen molar-refractivity contribution in [1.29, 1.82) is 0 Å². The lowest BCUT2D eigenvalue weighted by Crippen LogP contribution is -2.13. The van der Waals surface area contributed by atoms with Gasteiger partial charge in [0.05, 0.1) is 12.6 Å².